The van der Waals surface area contributed by atoms with Crippen molar-refractivity contribution < 1.29 is 9.13 Å². The number of rotatable bonds is 1. The molecule has 0 radical (unpaired) electrons. The number of allylic oxidation sites excluding steroid dienone is 1. The zero-order chi connectivity index (χ0) is 11.8. The lowest BCUT2D eigenvalue weighted by Crippen LogP contribution is -1.85. The third-order valence-electron chi connectivity index (χ3n) is 1.57. The Bertz CT molecular complexity index is 380. The molecule has 0 spiro atoms. The van der Waals surface area contributed by atoms with Crippen molar-refractivity contribution in [3.8, 4) is 11.8 Å². The summed E-state index contributed by atoms with van der Waals surface area (Å²) in [4.78, 5) is 0. The van der Waals surface area contributed by atoms with Gasteiger partial charge in [-0.1, -0.05) is 12.6 Å². The van der Waals surface area contributed by atoms with Gasteiger partial charge >= 0.3 is 0 Å². The molecule has 0 aliphatic rings. The van der Waals surface area contributed by atoms with E-state index >= 15 is 0 Å². The molecular weight excluding hydrogens is 193 g/mol. The fraction of sp³-hybridized carbons (Fsp3) is 0.250. The van der Waals surface area contributed by atoms with E-state index in [2.05, 4.69) is 6.58 Å². The molecule has 0 atom stereocenters. The molecule has 15 heavy (non-hydrogen) atoms. The third-order valence-corrected chi connectivity index (χ3v) is 1.57. The van der Waals surface area contributed by atoms with Crippen LogP contribution in [0.2, 0.25) is 0 Å². The Morgan fingerprint density at radius 1 is 1.53 bits per heavy atom. The third kappa shape index (κ3) is 5.48. The van der Waals surface area contributed by atoms with Gasteiger partial charge in [0.1, 0.15) is 11.6 Å². The number of nitriles is 1. The molecule has 0 fully saturated rings. The molecule has 0 saturated carbocycles. The van der Waals surface area contributed by atoms with E-state index in [1.54, 1.807) is 26.0 Å². The number of halogens is 1. The predicted molar refractivity (Wildman–Crippen MR) is 58.1 cm³/mol. The summed E-state index contributed by atoms with van der Waals surface area (Å²) in [5.41, 5.74) is 1.20. The second-order valence-electron chi connectivity index (χ2n) is 3.01. The van der Waals surface area contributed by atoms with Crippen LogP contribution in [0.4, 0.5) is 4.39 Å². The van der Waals surface area contributed by atoms with Gasteiger partial charge in [-0.15, -0.1) is 0 Å². The predicted octanol–water partition coefficient (Wildman–Crippen LogP) is 3.23. The Labute approximate surface area is 89.6 Å². The van der Waals surface area contributed by atoms with Gasteiger partial charge in [0.05, 0.1) is 13.2 Å². The topological polar surface area (TPSA) is 33.0 Å². The number of hydrogen-bond donors (Lipinski definition) is 0. The van der Waals surface area contributed by atoms with Gasteiger partial charge in [-0.3, -0.25) is 0 Å². The SMILES string of the molecule is C=C(C)C#N.COc1ccc(C)c(F)c1. The first kappa shape index (κ1) is 13.2. The van der Waals surface area contributed by atoms with Crippen molar-refractivity contribution in [2.45, 2.75) is 13.8 Å². The first-order valence-electron chi connectivity index (χ1n) is 4.37. The average molecular weight is 207 g/mol. The summed E-state index contributed by atoms with van der Waals surface area (Å²) in [6.45, 7) is 6.70. The summed E-state index contributed by atoms with van der Waals surface area (Å²) in [5, 5.41) is 7.79. The van der Waals surface area contributed by atoms with E-state index in [0.29, 0.717) is 16.9 Å². The molecule has 1 aromatic carbocycles. The average Bonchev–Trinajstić information content (AvgIpc) is 2.23. The molecule has 1 aromatic rings. The number of benzene rings is 1. The first-order valence-corrected chi connectivity index (χ1v) is 4.37. The molecule has 1 rings (SSSR count). The van der Waals surface area contributed by atoms with E-state index < -0.39 is 0 Å². The molecule has 2 nitrogen and oxygen atoms in total. The van der Waals surface area contributed by atoms with Crippen LogP contribution in [0.3, 0.4) is 0 Å². The molecule has 3 heteroatoms. The zero-order valence-electron chi connectivity index (χ0n) is 9.17. The van der Waals surface area contributed by atoms with Gasteiger partial charge in [-0.2, -0.15) is 5.26 Å². The van der Waals surface area contributed by atoms with Gasteiger partial charge in [0, 0.05) is 11.6 Å². The minimum atomic E-state index is -0.223. The van der Waals surface area contributed by atoms with E-state index in [4.69, 9.17) is 10.00 Å². The normalized spacial score (nSPS) is 8.20. The minimum Gasteiger partial charge on any atom is -0.497 e. The largest absolute Gasteiger partial charge is 0.497 e. The molecule has 0 amide bonds. The lowest BCUT2D eigenvalue weighted by Gasteiger charge is -1.99. The lowest BCUT2D eigenvalue weighted by molar-refractivity contribution is 0.411. The summed E-state index contributed by atoms with van der Waals surface area (Å²) < 4.78 is 17.5. The molecule has 0 bridgehead atoms. The van der Waals surface area contributed by atoms with E-state index in [9.17, 15) is 4.39 Å². The van der Waals surface area contributed by atoms with E-state index in [-0.39, 0.29) is 5.82 Å². The quantitative estimate of drug-likeness (QED) is 0.662. The summed E-state index contributed by atoms with van der Waals surface area (Å²) in [5.74, 6) is 0.336. The molecule has 0 aliphatic heterocycles. The van der Waals surface area contributed by atoms with Crippen molar-refractivity contribution in [2.75, 3.05) is 7.11 Å². The van der Waals surface area contributed by atoms with Crippen LogP contribution in [0.25, 0.3) is 0 Å². The monoisotopic (exact) mass is 207 g/mol. The number of hydrogen-bond acceptors (Lipinski definition) is 2. The second-order valence-corrected chi connectivity index (χ2v) is 3.01. The summed E-state index contributed by atoms with van der Waals surface area (Å²) >= 11 is 0. The highest BCUT2D eigenvalue weighted by Crippen LogP contribution is 2.14. The van der Waals surface area contributed by atoms with E-state index in [1.807, 2.05) is 6.07 Å². The molecular formula is C12H14FNO. The van der Waals surface area contributed by atoms with Crippen molar-refractivity contribution in [1.82, 2.24) is 0 Å². The summed E-state index contributed by atoms with van der Waals surface area (Å²) in [7, 11) is 1.52. The summed E-state index contributed by atoms with van der Waals surface area (Å²) in [6, 6.07) is 6.63. The molecule has 0 saturated heterocycles. The zero-order valence-corrected chi connectivity index (χ0v) is 9.17. The molecule has 80 valence electrons. The maximum absolute atomic E-state index is 12.7. The van der Waals surface area contributed by atoms with Gasteiger partial charge < -0.3 is 4.74 Å². The number of methoxy groups -OCH3 is 1. The van der Waals surface area contributed by atoms with Crippen molar-refractivity contribution in [2.24, 2.45) is 0 Å². The van der Waals surface area contributed by atoms with E-state index in [1.165, 1.54) is 13.2 Å². The van der Waals surface area contributed by atoms with Crippen LogP contribution in [0.5, 0.6) is 5.75 Å². The van der Waals surface area contributed by atoms with Crippen molar-refractivity contribution in [1.29, 1.82) is 5.26 Å². The maximum Gasteiger partial charge on any atom is 0.129 e. The number of nitrogens with zero attached hydrogens (tertiary/aromatic N) is 1. The summed E-state index contributed by atoms with van der Waals surface area (Å²) in [6.07, 6.45) is 0. The lowest BCUT2D eigenvalue weighted by atomic mass is 10.2. The first-order chi connectivity index (χ1) is 7.01. The van der Waals surface area contributed by atoms with Gasteiger partial charge in [0.25, 0.3) is 0 Å². The Morgan fingerprint density at radius 2 is 2.07 bits per heavy atom. The van der Waals surface area contributed by atoms with Gasteiger partial charge in [0.2, 0.25) is 0 Å². The van der Waals surface area contributed by atoms with Crippen molar-refractivity contribution in [3.63, 3.8) is 0 Å². The molecule has 0 unspecified atom stereocenters. The van der Waals surface area contributed by atoms with Crippen LogP contribution in [0.1, 0.15) is 12.5 Å². The Kier molecular flexibility index (Phi) is 5.81. The highest BCUT2D eigenvalue weighted by Gasteiger charge is 1.96. The maximum atomic E-state index is 12.7. The smallest absolute Gasteiger partial charge is 0.129 e. The van der Waals surface area contributed by atoms with E-state index in [0.717, 1.165) is 0 Å². The number of ether oxygens (including phenoxy) is 1. The van der Waals surface area contributed by atoms with Crippen LogP contribution in [-0.2, 0) is 0 Å². The Balaban J connectivity index is 0.000000336. The van der Waals surface area contributed by atoms with Gasteiger partial charge in [-0.25, -0.2) is 4.39 Å². The molecule has 0 N–H and O–H groups in total. The van der Waals surface area contributed by atoms with Crippen LogP contribution in [-0.4, -0.2) is 7.11 Å². The highest BCUT2D eigenvalue weighted by atomic mass is 19.1. The highest BCUT2D eigenvalue weighted by molar-refractivity contribution is 5.27. The molecule has 0 heterocycles. The molecule has 0 aromatic heterocycles. The van der Waals surface area contributed by atoms with Gasteiger partial charge in [-0.05, 0) is 25.5 Å². The number of aryl methyl sites for hydroxylation is 1. The van der Waals surface area contributed by atoms with Crippen LogP contribution in [0, 0.1) is 24.1 Å². The van der Waals surface area contributed by atoms with Crippen molar-refractivity contribution >= 4 is 0 Å². The van der Waals surface area contributed by atoms with Crippen LogP contribution < -0.4 is 4.74 Å². The Morgan fingerprint density at radius 3 is 2.40 bits per heavy atom. The van der Waals surface area contributed by atoms with Crippen molar-refractivity contribution in [3.05, 3.63) is 41.7 Å². The fourth-order valence-electron chi connectivity index (χ4n) is 0.701. The minimum absolute atomic E-state index is 0.223. The Hall–Kier alpha value is -1.82. The van der Waals surface area contributed by atoms with Crippen LogP contribution in [0.15, 0.2) is 30.4 Å². The second kappa shape index (κ2) is 6.61. The fourth-order valence-corrected chi connectivity index (χ4v) is 0.701. The van der Waals surface area contributed by atoms with Gasteiger partial charge in [0.15, 0.2) is 0 Å². The molecule has 0 aliphatic carbocycles. The standard InChI is InChI=1S/C8H9FO.C4H5N/c1-6-3-4-7(10-2)5-8(6)9;1-4(2)3-5/h3-5H,1-2H3;1H2,2H3. The van der Waals surface area contributed by atoms with Crippen LogP contribution >= 0.6 is 0 Å².